The quantitative estimate of drug-likeness (QED) is 0.463. The number of carbonyl (C=O) groups is 1. The number of hydrogen-bond donors (Lipinski definition) is 0. The van der Waals surface area contributed by atoms with Crippen LogP contribution in [0.2, 0.25) is 0 Å². The molecular formula is C27H22O3. The van der Waals surface area contributed by atoms with E-state index in [1.807, 2.05) is 98.0 Å². The second kappa shape index (κ2) is 9.10. The van der Waals surface area contributed by atoms with Gasteiger partial charge in [-0.2, -0.15) is 0 Å². The average molecular weight is 394 g/mol. The van der Waals surface area contributed by atoms with Crippen LogP contribution in [-0.4, -0.2) is 12.4 Å². The number of allylic oxidation sites excluding steroid dienone is 3. The first-order valence-electron chi connectivity index (χ1n) is 9.86. The Morgan fingerprint density at radius 3 is 2.27 bits per heavy atom. The predicted molar refractivity (Wildman–Crippen MR) is 121 cm³/mol. The summed E-state index contributed by atoms with van der Waals surface area (Å²) in [5, 5.41) is 0. The minimum Gasteiger partial charge on any atom is -0.489 e. The van der Waals surface area contributed by atoms with Crippen LogP contribution in [0.4, 0.5) is 0 Å². The van der Waals surface area contributed by atoms with Crippen LogP contribution in [0.3, 0.4) is 0 Å². The molecule has 1 heterocycles. The fourth-order valence-electron chi connectivity index (χ4n) is 3.28. The topological polar surface area (TPSA) is 35.5 Å². The van der Waals surface area contributed by atoms with Gasteiger partial charge in [0, 0.05) is 6.07 Å². The molecule has 0 saturated heterocycles. The maximum absolute atomic E-state index is 12.7. The SMILES string of the molecule is Cc1cc(OC/C=C/c2ccccc2)cc2c1C(=O)/C(=C/C=C/c1ccccc1)O2. The number of ether oxygens (including phenoxy) is 2. The van der Waals surface area contributed by atoms with Crippen molar-refractivity contribution < 1.29 is 14.3 Å². The van der Waals surface area contributed by atoms with E-state index in [0.29, 0.717) is 29.4 Å². The summed E-state index contributed by atoms with van der Waals surface area (Å²) >= 11 is 0. The molecule has 3 heteroatoms. The van der Waals surface area contributed by atoms with E-state index in [1.165, 1.54) is 0 Å². The third-order valence-electron chi connectivity index (χ3n) is 4.74. The Bertz CT molecular complexity index is 1120. The molecule has 0 aromatic heterocycles. The monoisotopic (exact) mass is 394 g/mol. The van der Waals surface area contributed by atoms with Crippen LogP contribution in [-0.2, 0) is 0 Å². The Hall–Kier alpha value is -3.85. The van der Waals surface area contributed by atoms with Crippen LogP contribution in [0.5, 0.6) is 11.5 Å². The molecule has 0 spiro atoms. The molecule has 30 heavy (non-hydrogen) atoms. The van der Waals surface area contributed by atoms with Gasteiger partial charge >= 0.3 is 0 Å². The Kier molecular flexibility index (Phi) is 5.90. The van der Waals surface area contributed by atoms with Crippen molar-refractivity contribution in [2.45, 2.75) is 6.92 Å². The summed E-state index contributed by atoms with van der Waals surface area (Å²) in [7, 11) is 0. The largest absolute Gasteiger partial charge is 0.489 e. The molecule has 0 atom stereocenters. The lowest BCUT2D eigenvalue weighted by molar-refractivity contribution is 0.101. The van der Waals surface area contributed by atoms with Crippen molar-refractivity contribution in [1.82, 2.24) is 0 Å². The molecule has 1 aliphatic rings. The summed E-state index contributed by atoms with van der Waals surface area (Å²) in [6, 6.07) is 23.6. The third-order valence-corrected chi connectivity index (χ3v) is 4.74. The molecule has 0 aliphatic carbocycles. The molecule has 3 nitrogen and oxygen atoms in total. The number of aryl methyl sites for hydroxylation is 1. The number of ketones is 1. The Morgan fingerprint density at radius 1 is 0.900 bits per heavy atom. The predicted octanol–water partition coefficient (Wildman–Crippen LogP) is 6.26. The Balaban J connectivity index is 1.44. The van der Waals surface area contributed by atoms with Crippen LogP contribution in [0.25, 0.3) is 12.2 Å². The van der Waals surface area contributed by atoms with Gasteiger partial charge in [0.1, 0.15) is 18.1 Å². The lowest BCUT2D eigenvalue weighted by Crippen LogP contribution is -1.99. The van der Waals surface area contributed by atoms with Gasteiger partial charge in [0.15, 0.2) is 5.76 Å². The van der Waals surface area contributed by atoms with Gasteiger partial charge in [0.05, 0.1) is 5.56 Å². The number of carbonyl (C=O) groups excluding carboxylic acids is 1. The summed E-state index contributed by atoms with van der Waals surface area (Å²) in [6.45, 7) is 2.33. The minimum atomic E-state index is -0.101. The van der Waals surface area contributed by atoms with E-state index < -0.39 is 0 Å². The van der Waals surface area contributed by atoms with Crippen LogP contribution in [0, 0.1) is 6.92 Å². The molecule has 1 aliphatic heterocycles. The second-order valence-electron chi connectivity index (χ2n) is 6.97. The number of hydrogen-bond acceptors (Lipinski definition) is 3. The maximum Gasteiger partial charge on any atom is 0.232 e. The van der Waals surface area contributed by atoms with Gasteiger partial charge in [-0.3, -0.25) is 4.79 Å². The zero-order valence-corrected chi connectivity index (χ0v) is 16.7. The summed E-state index contributed by atoms with van der Waals surface area (Å²) < 4.78 is 11.6. The molecule has 0 unspecified atom stereocenters. The van der Waals surface area contributed by atoms with Crippen molar-refractivity contribution in [3.63, 3.8) is 0 Å². The normalized spacial score (nSPS) is 14.4. The van der Waals surface area contributed by atoms with Crippen LogP contribution in [0.1, 0.15) is 27.0 Å². The molecule has 0 N–H and O–H groups in total. The van der Waals surface area contributed by atoms with Gasteiger partial charge in [0.25, 0.3) is 0 Å². The number of rotatable bonds is 6. The summed E-state index contributed by atoms with van der Waals surface area (Å²) in [6.07, 6.45) is 9.45. The minimum absolute atomic E-state index is 0.101. The zero-order valence-electron chi connectivity index (χ0n) is 16.7. The van der Waals surface area contributed by atoms with Crippen LogP contribution in [0.15, 0.2) is 96.8 Å². The van der Waals surface area contributed by atoms with Crippen LogP contribution < -0.4 is 9.47 Å². The molecule has 148 valence electrons. The van der Waals surface area contributed by atoms with E-state index >= 15 is 0 Å². The fourth-order valence-corrected chi connectivity index (χ4v) is 3.28. The number of benzene rings is 3. The summed E-state index contributed by atoms with van der Waals surface area (Å²) in [4.78, 5) is 12.7. The van der Waals surface area contributed by atoms with E-state index in [1.54, 1.807) is 12.1 Å². The Labute approximate surface area is 176 Å². The number of fused-ring (bicyclic) bond motifs is 1. The van der Waals surface area contributed by atoms with Gasteiger partial charge < -0.3 is 9.47 Å². The molecule has 0 fully saturated rings. The number of Topliss-reactive ketones (excluding diaryl/α,β-unsaturated/α-hetero) is 1. The molecule has 4 rings (SSSR count). The van der Waals surface area contributed by atoms with Gasteiger partial charge in [0.2, 0.25) is 5.78 Å². The summed E-state index contributed by atoms with van der Waals surface area (Å²) in [5.74, 6) is 1.44. The first-order chi connectivity index (χ1) is 14.7. The van der Waals surface area contributed by atoms with E-state index in [2.05, 4.69) is 0 Å². The molecular weight excluding hydrogens is 372 g/mol. The highest BCUT2D eigenvalue weighted by Gasteiger charge is 2.29. The molecule has 3 aromatic carbocycles. The zero-order chi connectivity index (χ0) is 20.8. The Morgan fingerprint density at radius 2 is 1.57 bits per heavy atom. The molecule has 0 amide bonds. The van der Waals surface area contributed by atoms with Gasteiger partial charge in [-0.1, -0.05) is 78.9 Å². The van der Waals surface area contributed by atoms with E-state index in [9.17, 15) is 4.79 Å². The van der Waals surface area contributed by atoms with E-state index in [0.717, 1.165) is 16.7 Å². The van der Waals surface area contributed by atoms with Crippen LogP contribution >= 0.6 is 0 Å². The average Bonchev–Trinajstić information content (AvgIpc) is 3.08. The van der Waals surface area contributed by atoms with E-state index in [4.69, 9.17) is 9.47 Å². The van der Waals surface area contributed by atoms with Gasteiger partial charge in [-0.05, 0) is 41.8 Å². The molecule has 3 aromatic rings. The van der Waals surface area contributed by atoms with Crippen molar-refractivity contribution in [2.24, 2.45) is 0 Å². The molecule has 0 radical (unpaired) electrons. The van der Waals surface area contributed by atoms with Crippen molar-refractivity contribution in [3.8, 4) is 11.5 Å². The highest BCUT2D eigenvalue weighted by atomic mass is 16.5. The lowest BCUT2D eigenvalue weighted by atomic mass is 10.0. The third kappa shape index (κ3) is 4.58. The van der Waals surface area contributed by atoms with Crippen molar-refractivity contribution in [3.05, 3.63) is 119 Å². The maximum atomic E-state index is 12.7. The van der Waals surface area contributed by atoms with Crippen molar-refractivity contribution >= 4 is 17.9 Å². The smallest absolute Gasteiger partial charge is 0.232 e. The van der Waals surface area contributed by atoms with Crippen molar-refractivity contribution in [1.29, 1.82) is 0 Å². The summed E-state index contributed by atoms with van der Waals surface area (Å²) in [5.41, 5.74) is 3.63. The molecule has 0 saturated carbocycles. The lowest BCUT2D eigenvalue weighted by Gasteiger charge is -2.07. The highest BCUT2D eigenvalue weighted by Crippen LogP contribution is 2.37. The highest BCUT2D eigenvalue weighted by molar-refractivity contribution is 6.13. The first kappa shape index (κ1) is 19.5. The molecule has 0 bridgehead atoms. The second-order valence-corrected chi connectivity index (χ2v) is 6.97. The van der Waals surface area contributed by atoms with Crippen molar-refractivity contribution in [2.75, 3.05) is 6.61 Å². The van der Waals surface area contributed by atoms with E-state index in [-0.39, 0.29) is 5.78 Å². The van der Waals surface area contributed by atoms with Gasteiger partial charge in [-0.15, -0.1) is 0 Å². The van der Waals surface area contributed by atoms with Gasteiger partial charge in [-0.25, -0.2) is 0 Å². The first-order valence-corrected chi connectivity index (χ1v) is 9.86. The fraction of sp³-hybridized carbons (Fsp3) is 0.0741. The standard InChI is InChI=1S/C27H22O3/c1-20-18-23(29-17-9-15-22-12-6-3-7-13-22)19-25-26(20)27(28)24(30-25)16-8-14-21-10-4-2-5-11-21/h2-16,18-19H,17H2,1H3/b14-8+,15-9+,24-16-.